The highest BCUT2D eigenvalue weighted by Crippen LogP contribution is 2.34. The fourth-order valence-electron chi connectivity index (χ4n) is 4.96. The van der Waals surface area contributed by atoms with Gasteiger partial charge in [0.05, 0.1) is 25.1 Å². The van der Waals surface area contributed by atoms with Crippen LogP contribution in [0.25, 0.3) is 10.8 Å². The molecule has 0 spiro atoms. The molecule has 0 aliphatic carbocycles. The Bertz CT molecular complexity index is 1310. The van der Waals surface area contributed by atoms with Gasteiger partial charge in [-0.15, -0.1) is 0 Å². The second kappa shape index (κ2) is 13.0. The van der Waals surface area contributed by atoms with Gasteiger partial charge in [-0.05, 0) is 31.0 Å². The first-order valence-corrected chi connectivity index (χ1v) is 14.0. The van der Waals surface area contributed by atoms with Crippen LogP contribution in [0.3, 0.4) is 0 Å². The third-order valence-corrected chi connectivity index (χ3v) is 7.25. The summed E-state index contributed by atoms with van der Waals surface area (Å²) in [6, 6.07) is 8.82. The van der Waals surface area contributed by atoms with E-state index in [0.717, 1.165) is 54.0 Å². The monoisotopic (exact) mass is 537 g/mol. The fraction of sp³-hybridized carbons (Fsp3) is 0.448. The van der Waals surface area contributed by atoms with Crippen molar-refractivity contribution < 1.29 is 14.7 Å². The number of β-amino-alcohol motifs (C(OH)–C–C–N with tert-alkyl or cyclic N) is 1. The predicted octanol–water partition coefficient (Wildman–Crippen LogP) is 6.04. The number of hydrazone groups is 1. The van der Waals surface area contributed by atoms with E-state index >= 15 is 0 Å². The maximum atomic E-state index is 12.9. The highest BCUT2D eigenvalue weighted by molar-refractivity contribution is 6.31. The van der Waals surface area contributed by atoms with Crippen molar-refractivity contribution in [2.45, 2.75) is 71.8 Å². The molecule has 2 aromatic carbocycles. The van der Waals surface area contributed by atoms with Crippen LogP contribution in [-0.2, 0) is 13.0 Å². The first-order valence-electron chi connectivity index (χ1n) is 13.6. The van der Waals surface area contributed by atoms with E-state index in [0.29, 0.717) is 27.4 Å². The molecule has 2 amide bonds. The van der Waals surface area contributed by atoms with Crippen molar-refractivity contribution in [2.75, 3.05) is 18.6 Å². The number of hydrogen-bond acceptors (Lipinski definition) is 6. The molecule has 0 saturated heterocycles. The van der Waals surface area contributed by atoms with Crippen LogP contribution in [0.5, 0.6) is 0 Å². The average Bonchev–Trinajstić information content (AvgIpc) is 3.22. The Balaban J connectivity index is 1.60. The first kappa shape index (κ1) is 27.8. The van der Waals surface area contributed by atoms with Crippen molar-refractivity contribution in [3.8, 4) is 0 Å². The topological polar surface area (TPSA) is 99.8 Å². The standard InChI is InChI=1S/C29H36ClN5O3/c1-3-5-7-8-9-16-34-24(27(30)32-25(34)13-6-4-2)19-31-33-23-15-14-22-26-20(23)11-10-12-21(26)28(37)35(17-18-36)29(22)38/h10-12,14-15,19,33,36H,3-9,13,16-18H2,1-2H3/b31-19+. The third-order valence-electron chi connectivity index (χ3n) is 6.97. The van der Waals surface area contributed by atoms with Gasteiger partial charge in [-0.1, -0.05) is 69.7 Å². The van der Waals surface area contributed by atoms with Gasteiger partial charge in [0.1, 0.15) is 11.5 Å². The van der Waals surface area contributed by atoms with Crippen molar-refractivity contribution >= 4 is 46.1 Å². The molecule has 1 aromatic heterocycles. The van der Waals surface area contributed by atoms with Crippen LogP contribution < -0.4 is 5.43 Å². The summed E-state index contributed by atoms with van der Waals surface area (Å²) in [7, 11) is 0. The normalized spacial score (nSPS) is 13.3. The van der Waals surface area contributed by atoms with Gasteiger partial charge in [-0.25, -0.2) is 4.98 Å². The van der Waals surface area contributed by atoms with E-state index in [4.69, 9.17) is 11.6 Å². The smallest absolute Gasteiger partial charge is 0.261 e. The highest BCUT2D eigenvalue weighted by atomic mass is 35.5. The minimum Gasteiger partial charge on any atom is -0.395 e. The number of anilines is 1. The molecule has 3 aromatic rings. The molecule has 0 fully saturated rings. The molecular weight excluding hydrogens is 502 g/mol. The number of imidazole rings is 1. The van der Waals surface area contributed by atoms with Gasteiger partial charge in [0, 0.05) is 34.9 Å². The summed E-state index contributed by atoms with van der Waals surface area (Å²) in [6.07, 6.45) is 10.6. The van der Waals surface area contributed by atoms with Gasteiger partial charge in [0.2, 0.25) is 0 Å². The number of aliphatic hydroxyl groups excluding tert-OH is 1. The maximum absolute atomic E-state index is 12.9. The lowest BCUT2D eigenvalue weighted by Gasteiger charge is -2.27. The number of nitrogens with zero attached hydrogens (tertiary/aromatic N) is 4. The zero-order valence-electron chi connectivity index (χ0n) is 22.2. The minimum absolute atomic E-state index is 0.0366. The third kappa shape index (κ3) is 5.76. The Morgan fingerprint density at radius 2 is 1.71 bits per heavy atom. The second-order valence-corrected chi connectivity index (χ2v) is 9.98. The van der Waals surface area contributed by atoms with Crippen LogP contribution in [0.2, 0.25) is 5.15 Å². The number of aliphatic hydroxyl groups is 1. The molecule has 38 heavy (non-hydrogen) atoms. The van der Waals surface area contributed by atoms with Crippen molar-refractivity contribution in [1.82, 2.24) is 14.5 Å². The molecule has 1 aliphatic heterocycles. The number of amides is 2. The van der Waals surface area contributed by atoms with E-state index in [9.17, 15) is 14.7 Å². The summed E-state index contributed by atoms with van der Waals surface area (Å²) in [6.45, 7) is 4.91. The SMILES string of the molecule is CCCCCCCn1c(CCCC)nc(Cl)c1/C=N/Nc1ccc2c3c(cccc13)C(=O)N(CCO)C2=O. The second-order valence-electron chi connectivity index (χ2n) is 9.62. The van der Waals surface area contributed by atoms with E-state index in [-0.39, 0.29) is 13.2 Å². The molecule has 0 unspecified atom stereocenters. The molecule has 2 heterocycles. The van der Waals surface area contributed by atoms with Gasteiger partial charge >= 0.3 is 0 Å². The number of aromatic nitrogens is 2. The lowest BCUT2D eigenvalue weighted by Crippen LogP contribution is -2.41. The summed E-state index contributed by atoms with van der Waals surface area (Å²) in [5, 5.41) is 15.5. The van der Waals surface area contributed by atoms with Gasteiger partial charge in [0.25, 0.3) is 11.8 Å². The summed E-state index contributed by atoms with van der Waals surface area (Å²) in [4.78, 5) is 31.6. The Morgan fingerprint density at radius 1 is 0.974 bits per heavy atom. The van der Waals surface area contributed by atoms with Gasteiger partial charge < -0.3 is 9.67 Å². The average molecular weight is 538 g/mol. The summed E-state index contributed by atoms with van der Waals surface area (Å²) < 4.78 is 2.18. The number of unbranched alkanes of at least 4 members (excludes halogenated alkanes) is 5. The number of carbonyl (C=O) groups is 2. The quantitative estimate of drug-likeness (QED) is 0.113. The summed E-state index contributed by atoms with van der Waals surface area (Å²) in [5.41, 5.74) is 5.40. The lowest BCUT2D eigenvalue weighted by atomic mass is 9.93. The lowest BCUT2D eigenvalue weighted by molar-refractivity contribution is 0.0580. The number of benzene rings is 2. The number of halogens is 1. The number of carbonyl (C=O) groups excluding carboxylic acids is 2. The first-order chi connectivity index (χ1) is 18.5. The molecular formula is C29H36ClN5O3. The predicted molar refractivity (Wildman–Crippen MR) is 152 cm³/mol. The maximum Gasteiger partial charge on any atom is 0.261 e. The highest BCUT2D eigenvalue weighted by Gasteiger charge is 2.32. The molecule has 4 rings (SSSR count). The molecule has 0 bridgehead atoms. The zero-order chi connectivity index (χ0) is 27.1. The van der Waals surface area contributed by atoms with Crippen molar-refractivity contribution in [3.63, 3.8) is 0 Å². The van der Waals surface area contributed by atoms with Crippen LogP contribution >= 0.6 is 11.6 Å². The fourth-order valence-corrected chi connectivity index (χ4v) is 5.21. The van der Waals surface area contributed by atoms with Crippen LogP contribution in [0.4, 0.5) is 5.69 Å². The molecule has 202 valence electrons. The Labute approximate surface area is 228 Å². The Morgan fingerprint density at radius 3 is 2.45 bits per heavy atom. The molecule has 2 N–H and O–H groups in total. The number of hydrogen-bond donors (Lipinski definition) is 2. The largest absolute Gasteiger partial charge is 0.395 e. The number of imide groups is 1. The van der Waals surface area contributed by atoms with Crippen LogP contribution in [0.15, 0.2) is 35.4 Å². The van der Waals surface area contributed by atoms with E-state index in [1.54, 1.807) is 30.5 Å². The van der Waals surface area contributed by atoms with E-state index in [2.05, 4.69) is 33.9 Å². The van der Waals surface area contributed by atoms with Gasteiger partial charge in [-0.3, -0.25) is 19.9 Å². The van der Waals surface area contributed by atoms with E-state index in [1.807, 2.05) is 6.07 Å². The number of nitrogens with one attached hydrogen (secondary N) is 1. The van der Waals surface area contributed by atoms with Crippen molar-refractivity contribution in [2.24, 2.45) is 5.10 Å². The Hall–Kier alpha value is -3.23. The molecule has 1 aliphatic rings. The van der Waals surface area contributed by atoms with E-state index < -0.39 is 11.8 Å². The van der Waals surface area contributed by atoms with Crippen molar-refractivity contribution in [3.05, 3.63) is 58.1 Å². The van der Waals surface area contributed by atoms with Crippen molar-refractivity contribution in [1.29, 1.82) is 0 Å². The number of aryl methyl sites for hydroxylation is 1. The Kier molecular flexibility index (Phi) is 9.53. The summed E-state index contributed by atoms with van der Waals surface area (Å²) >= 11 is 6.56. The van der Waals surface area contributed by atoms with Crippen LogP contribution in [0, 0.1) is 0 Å². The van der Waals surface area contributed by atoms with Gasteiger partial charge in [0.15, 0.2) is 5.15 Å². The summed E-state index contributed by atoms with van der Waals surface area (Å²) in [5.74, 6) is 0.175. The molecule has 0 atom stereocenters. The molecule has 9 heteroatoms. The number of rotatable bonds is 14. The molecule has 8 nitrogen and oxygen atoms in total. The van der Waals surface area contributed by atoms with Gasteiger partial charge in [-0.2, -0.15) is 5.10 Å². The minimum atomic E-state index is -0.406. The molecule has 0 saturated carbocycles. The van der Waals surface area contributed by atoms with Crippen LogP contribution in [0.1, 0.15) is 91.0 Å². The zero-order valence-corrected chi connectivity index (χ0v) is 22.9. The molecule has 0 radical (unpaired) electrons. The van der Waals surface area contributed by atoms with Crippen LogP contribution in [-0.4, -0.2) is 50.7 Å². The van der Waals surface area contributed by atoms with E-state index in [1.165, 1.54) is 25.7 Å².